The van der Waals surface area contributed by atoms with E-state index >= 15 is 0 Å². The van der Waals surface area contributed by atoms with Crippen LogP contribution in [0.2, 0.25) is 0 Å². The average molecular weight is 231 g/mol. The van der Waals surface area contributed by atoms with E-state index in [1.165, 1.54) is 6.07 Å². The summed E-state index contributed by atoms with van der Waals surface area (Å²) in [6, 6.07) is 4.86. The van der Waals surface area contributed by atoms with Gasteiger partial charge in [-0.2, -0.15) is 0 Å². The molecule has 0 aliphatic carbocycles. The molecular formula is C13H14FN3. The number of nitrogens with zero attached hydrogens (tertiary/aromatic N) is 2. The van der Waals surface area contributed by atoms with Crippen molar-refractivity contribution in [1.29, 1.82) is 0 Å². The molecule has 0 fully saturated rings. The Bertz CT molecular complexity index is 509. The number of aromatic nitrogens is 2. The largest absolute Gasteiger partial charge is 0.330 e. The lowest BCUT2D eigenvalue weighted by Gasteiger charge is -2.03. The third-order valence-electron chi connectivity index (χ3n) is 2.55. The first-order valence-electron chi connectivity index (χ1n) is 5.48. The van der Waals surface area contributed by atoms with Crippen LogP contribution in [0.1, 0.15) is 11.1 Å². The van der Waals surface area contributed by atoms with Crippen LogP contribution in [-0.2, 0) is 6.42 Å². The second-order valence-corrected chi connectivity index (χ2v) is 3.92. The van der Waals surface area contributed by atoms with E-state index < -0.39 is 0 Å². The number of rotatable bonds is 3. The fourth-order valence-corrected chi connectivity index (χ4v) is 1.58. The SMILES string of the molecule is Cc1cc(-c2ncc(CCN)cn2)ccc1F. The van der Waals surface area contributed by atoms with Crippen molar-refractivity contribution in [1.82, 2.24) is 9.97 Å². The second kappa shape index (κ2) is 5.01. The normalized spacial score (nSPS) is 10.5. The minimum Gasteiger partial charge on any atom is -0.330 e. The number of hydrogen-bond donors (Lipinski definition) is 1. The fourth-order valence-electron chi connectivity index (χ4n) is 1.58. The van der Waals surface area contributed by atoms with Crippen molar-refractivity contribution in [2.45, 2.75) is 13.3 Å². The topological polar surface area (TPSA) is 51.8 Å². The summed E-state index contributed by atoms with van der Waals surface area (Å²) in [6.07, 6.45) is 4.28. The Hall–Kier alpha value is -1.81. The van der Waals surface area contributed by atoms with Crippen LogP contribution in [0.4, 0.5) is 4.39 Å². The Morgan fingerprint density at radius 1 is 1.24 bits per heavy atom. The molecular weight excluding hydrogens is 217 g/mol. The van der Waals surface area contributed by atoms with Gasteiger partial charge in [0.05, 0.1) is 0 Å². The van der Waals surface area contributed by atoms with Crippen LogP contribution in [-0.4, -0.2) is 16.5 Å². The maximum atomic E-state index is 13.1. The third kappa shape index (κ3) is 2.65. The Morgan fingerprint density at radius 2 is 1.94 bits per heavy atom. The molecule has 4 heteroatoms. The Kier molecular flexibility index (Phi) is 3.44. The van der Waals surface area contributed by atoms with Crippen LogP contribution in [0.15, 0.2) is 30.6 Å². The third-order valence-corrected chi connectivity index (χ3v) is 2.55. The van der Waals surface area contributed by atoms with Gasteiger partial charge in [-0.1, -0.05) is 0 Å². The highest BCUT2D eigenvalue weighted by Gasteiger charge is 2.04. The van der Waals surface area contributed by atoms with Gasteiger partial charge in [-0.3, -0.25) is 0 Å². The van der Waals surface area contributed by atoms with Crippen molar-refractivity contribution in [2.24, 2.45) is 5.73 Å². The van der Waals surface area contributed by atoms with Gasteiger partial charge < -0.3 is 5.73 Å². The summed E-state index contributed by atoms with van der Waals surface area (Å²) in [4.78, 5) is 8.50. The molecule has 2 aromatic rings. The molecule has 0 unspecified atom stereocenters. The zero-order valence-corrected chi connectivity index (χ0v) is 9.65. The molecule has 0 saturated carbocycles. The first-order chi connectivity index (χ1) is 8.20. The molecule has 0 aliphatic heterocycles. The second-order valence-electron chi connectivity index (χ2n) is 3.92. The lowest BCUT2D eigenvalue weighted by Crippen LogP contribution is -2.03. The summed E-state index contributed by atoms with van der Waals surface area (Å²) < 4.78 is 13.1. The van der Waals surface area contributed by atoms with Crippen molar-refractivity contribution in [2.75, 3.05) is 6.54 Å². The first-order valence-corrected chi connectivity index (χ1v) is 5.48. The number of halogens is 1. The summed E-state index contributed by atoms with van der Waals surface area (Å²) in [5, 5.41) is 0. The predicted octanol–water partition coefficient (Wildman–Crippen LogP) is 2.09. The number of nitrogens with two attached hydrogens (primary N) is 1. The van der Waals surface area contributed by atoms with Gasteiger partial charge in [0.1, 0.15) is 5.82 Å². The molecule has 0 radical (unpaired) electrons. The molecule has 0 spiro atoms. The molecule has 0 atom stereocenters. The van der Waals surface area contributed by atoms with E-state index in [0.29, 0.717) is 17.9 Å². The Morgan fingerprint density at radius 3 is 2.53 bits per heavy atom. The smallest absolute Gasteiger partial charge is 0.159 e. The molecule has 88 valence electrons. The average Bonchev–Trinajstić information content (AvgIpc) is 2.34. The van der Waals surface area contributed by atoms with Crippen molar-refractivity contribution in [3.8, 4) is 11.4 Å². The van der Waals surface area contributed by atoms with Crippen molar-refractivity contribution < 1.29 is 4.39 Å². The summed E-state index contributed by atoms with van der Waals surface area (Å²) in [7, 11) is 0. The summed E-state index contributed by atoms with van der Waals surface area (Å²) in [5.74, 6) is 0.391. The van der Waals surface area contributed by atoms with Gasteiger partial charge in [0.25, 0.3) is 0 Å². The van der Waals surface area contributed by atoms with Crippen LogP contribution in [0.5, 0.6) is 0 Å². The van der Waals surface area contributed by atoms with Gasteiger partial charge in [-0.05, 0) is 49.2 Å². The molecule has 0 bridgehead atoms. The molecule has 1 heterocycles. The van der Waals surface area contributed by atoms with Crippen LogP contribution < -0.4 is 5.73 Å². The van der Waals surface area contributed by atoms with E-state index in [1.54, 1.807) is 31.5 Å². The van der Waals surface area contributed by atoms with E-state index in [4.69, 9.17) is 5.73 Å². The molecule has 0 amide bonds. The van der Waals surface area contributed by atoms with Crippen molar-refractivity contribution in [3.05, 3.63) is 47.5 Å². The molecule has 1 aromatic heterocycles. The highest BCUT2D eigenvalue weighted by molar-refractivity contribution is 5.55. The van der Waals surface area contributed by atoms with Gasteiger partial charge in [0.15, 0.2) is 5.82 Å². The van der Waals surface area contributed by atoms with Crippen molar-refractivity contribution in [3.63, 3.8) is 0 Å². The molecule has 3 nitrogen and oxygen atoms in total. The zero-order chi connectivity index (χ0) is 12.3. The van der Waals surface area contributed by atoms with Crippen LogP contribution in [0, 0.1) is 12.7 Å². The monoisotopic (exact) mass is 231 g/mol. The maximum Gasteiger partial charge on any atom is 0.159 e. The van der Waals surface area contributed by atoms with E-state index in [0.717, 1.165) is 17.5 Å². The minimum absolute atomic E-state index is 0.214. The lowest BCUT2D eigenvalue weighted by molar-refractivity contribution is 0.618. The number of benzene rings is 1. The summed E-state index contributed by atoms with van der Waals surface area (Å²) >= 11 is 0. The number of aryl methyl sites for hydroxylation is 1. The zero-order valence-electron chi connectivity index (χ0n) is 9.65. The highest BCUT2D eigenvalue weighted by Crippen LogP contribution is 2.17. The standard InChI is InChI=1S/C13H14FN3/c1-9-6-11(2-3-12(9)14)13-16-7-10(4-5-15)8-17-13/h2-3,6-8H,4-5,15H2,1H3. The highest BCUT2D eigenvalue weighted by atomic mass is 19.1. The minimum atomic E-state index is -0.214. The summed E-state index contributed by atoms with van der Waals surface area (Å²) in [5.41, 5.74) is 7.88. The molecule has 2 rings (SSSR count). The molecule has 1 aromatic carbocycles. The number of hydrogen-bond acceptors (Lipinski definition) is 3. The molecule has 0 aliphatic rings. The molecule has 17 heavy (non-hydrogen) atoms. The maximum absolute atomic E-state index is 13.1. The molecule has 2 N–H and O–H groups in total. The van der Waals surface area contributed by atoms with Gasteiger partial charge in [-0.25, -0.2) is 14.4 Å². The van der Waals surface area contributed by atoms with Gasteiger partial charge in [0.2, 0.25) is 0 Å². The van der Waals surface area contributed by atoms with Crippen LogP contribution >= 0.6 is 0 Å². The summed E-state index contributed by atoms with van der Waals surface area (Å²) in [6.45, 7) is 2.31. The molecule has 0 saturated heterocycles. The van der Waals surface area contributed by atoms with Gasteiger partial charge in [0, 0.05) is 18.0 Å². The van der Waals surface area contributed by atoms with E-state index in [1.807, 2.05) is 0 Å². The Balaban J connectivity index is 2.30. The van der Waals surface area contributed by atoms with E-state index in [2.05, 4.69) is 9.97 Å². The van der Waals surface area contributed by atoms with Crippen LogP contribution in [0.25, 0.3) is 11.4 Å². The Labute approximate surface area is 99.5 Å². The van der Waals surface area contributed by atoms with Gasteiger partial charge in [-0.15, -0.1) is 0 Å². The van der Waals surface area contributed by atoms with Crippen LogP contribution in [0.3, 0.4) is 0 Å². The first kappa shape index (κ1) is 11.7. The van der Waals surface area contributed by atoms with Crippen molar-refractivity contribution >= 4 is 0 Å². The van der Waals surface area contributed by atoms with E-state index in [-0.39, 0.29) is 5.82 Å². The fraction of sp³-hybridized carbons (Fsp3) is 0.231. The predicted molar refractivity (Wildman–Crippen MR) is 64.9 cm³/mol. The lowest BCUT2D eigenvalue weighted by atomic mass is 10.1. The van der Waals surface area contributed by atoms with Gasteiger partial charge >= 0.3 is 0 Å². The van der Waals surface area contributed by atoms with E-state index in [9.17, 15) is 4.39 Å². The quantitative estimate of drug-likeness (QED) is 0.880.